The molecule has 1 amide bonds. The molecular formula is C19H21N5OS2. The van der Waals surface area contributed by atoms with Gasteiger partial charge in [-0.2, -0.15) is 4.68 Å². The molecule has 0 radical (unpaired) electrons. The smallest absolute Gasteiger partial charge is 0.233 e. The van der Waals surface area contributed by atoms with Crippen LogP contribution in [0.5, 0.6) is 0 Å². The van der Waals surface area contributed by atoms with Crippen LogP contribution in [0.2, 0.25) is 0 Å². The minimum atomic E-state index is 0.145. The zero-order valence-corrected chi connectivity index (χ0v) is 17.0. The largest absolute Gasteiger partial charge is 0.334 e. The standard InChI is InChI=1S/C19H21N5OS2/c1-13-7-8-14(2)16(11-13)24-19(20-21-22-24)27-12-18(25)23-9-3-5-15(23)17-6-4-10-26-17/h4,6-8,10-11,15H,3,5,9,12H2,1-2H3/t15-/m0/s1. The summed E-state index contributed by atoms with van der Waals surface area (Å²) in [5.41, 5.74) is 3.19. The number of likely N-dealkylation sites (tertiary alicyclic amines) is 1. The molecule has 140 valence electrons. The van der Waals surface area contributed by atoms with E-state index in [1.54, 1.807) is 16.0 Å². The highest BCUT2D eigenvalue weighted by Gasteiger charge is 2.30. The molecule has 0 bridgehead atoms. The van der Waals surface area contributed by atoms with Gasteiger partial charge < -0.3 is 4.90 Å². The number of aromatic nitrogens is 4. The number of benzene rings is 1. The quantitative estimate of drug-likeness (QED) is 0.611. The summed E-state index contributed by atoms with van der Waals surface area (Å²) in [6.07, 6.45) is 2.09. The Hall–Kier alpha value is -2.19. The molecule has 2 aromatic heterocycles. The summed E-state index contributed by atoms with van der Waals surface area (Å²) in [4.78, 5) is 16.1. The van der Waals surface area contributed by atoms with E-state index >= 15 is 0 Å². The molecule has 1 atom stereocenters. The maximum Gasteiger partial charge on any atom is 0.233 e. The zero-order chi connectivity index (χ0) is 18.8. The first-order valence-corrected chi connectivity index (χ1v) is 10.8. The predicted molar refractivity (Wildman–Crippen MR) is 107 cm³/mol. The van der Waals surface area contributed by atoms with E-state index in [4.69, 9.17) is 0 Å². The highest BCUT2D eigenvalue weighted by molar-refractivity contribution is 7.99. The van der Waals surface area contributed by atoms with E-state index in [2.05, 4.69) is 45.2 Å². The summed E-state index contributed by atoms with van der Waals surface area (Å²) in [6.45, 7) is 4.90. The minimum Gasteiger partial charge on any atom is -0.334 e. The van der Waals surface area contributed by atoms with Crippen molar-refractivity contribution in [1.82, 2.24) is 25.1 Å². The van der Waals surface area contributed by atoms with Gasteiger partial charge in [-0.3, -0.25) is 4.79 Å². The fourth-order valence-electron chi connectivity index (χ4n) is 3.42. The first kappa shape index (κ1) is 18.2. The van der Waals surface area contributed by atoms with Gasteiger partial charge >= 0.3 is 0 Å². The predicted octanol–water partition coefficient (Wildman–Crippen LogP) is 3.80. The number of thioether (sulfide) groups is 1. The Bertz CT molecular complexity index is 937. The van der Waals surface area contributed by atoms with Gasteiger partial charge in [0.1, 0.15) is 0 Å². The lowest BCUT2D eigenvalue weighted by Crippen LogP contribution is -2.31. The molecule has 0 saturated carbocycles. The van der Waals surface area contributed by atoms with Crippen molar-refractivity contribution in [3.8, 4) is 5.69 Å². The third-order valence-electron chi connectivity index (χ3n) is 4.80. The maximum absolute atomic E-state index is 12.8. The van der Waals surface area contributed by atoms with Crippen molar-refractivity contribution in [3.05, 3.63) is 51.7 Å². The minimum absolute atomic E-state index is 0.145. The number of aryl methyl sites for hydroxylation is 2. The van der Waals surface area contributed by atoms with Gasteiger partial charge in [-0.15, -0.1) is 16.4 Å². The molecule has 27 heavy (non-hydrogen) atoms. The van der Waals surface area contributed by atoms with Gasteiger partial charge in [0, 0.05) is 11.4 Å². The number of tetrazole rings is 1. The molecule has 3 aromatic rings. The van der Waals surface area contributed by atoms with E-state index in [9.17, 15) is 4.79 Å². The van der Waals surface area contributed by atoms with E-state index in [1.165, 1.54) is 16.6 Å². The molecule has 1 saturated heterocycles. The molecule has 0 unspecified atom stereocenters. The van der Waals surface area contributed by atoms with Crippen LogP contribution in [0.15, 0.2) is 40.9 Å². The Labute approximate surface area is 166 Å². The van der Waals surface area contributed by atoms with Crippen molar-refractivity contribution >= 4 is 29.0 Å². The fraction of sp³-hybridized carbons (Fsp3) is 0.368. The molecular weight excluding hydrogens is 378 g/mol. The summed E-state index contributed by atoms with van der Waals surface area (Å²) < 4.78 is 1.72. The number of hydrogen-bond donors (Lipinski definition) is 0. The maximum atomic E-state index is 12.8. The van der Waals surface area contributed by atoms with Crippen LogP contribution in [-0.4, -0.2) is 43.3 Å². The van der Waals surface area contributed by atoms with Crippen molar-refractivity contribution in [3.63, 3.8) is 0 Å². The van der Waals surface area contributed by atoms with Crippen LogP contribution >= 0.6 is 23.1 Å². The Morgan fingerprint density at radius 2 is 2.22 bits per heavy atom. The first-order valence-electron chi connectivity index (χ1n) is 8.95. The van der Waals surface area contributed by atoms with Gasteiger partial charge in [0.25, 0.3) is 0 Å². The molecule has 4 rings (SSSR count). The van der Waals surface area contributed by atoms with Crippen LogP contribution < -0.4 is 0 Å². The van der Waals surface area contributed by atoms with E-state index in [0.29, 0.717) is 10.9 Å². The lowest BCUT2D eigenvalue weighted by Gasteiger charge is -2.23. The van der Waals surface area contributed by atoms with E-state index in [0.717, 1.165) is 36.2 Å². The summed E-state index contributed by atoms with van der Waals surface area (Å²) in [6, 6.07) is 10.6. The molecule has 8 heteroatoms. The van der Waals surface area contributed by atoms with Crippen LogP contribution in [-0.2, 0) is 4.79 Å². The number of rotatable bonds is 5. The Morgan fingerprint density at radius 1 is 1.33 bits per heavy atom. The number of carbonyl (C=O) groups excluding carboxylic acids is 1. The molecule has 1 aromatic carbocycles. The lowest BCUT2D eigenvalue weighted by molar-refractivity contribution is -0.129. The second-order valence-electron chi connectivity index (χ2n) is 6.71. The van der Waals surface area contributed by atoms with E-state index in [-0.39, 0.29) is 11.9 Å². The average Bonchev–Trinajstić information content (AvgIpc) is 3.41. The Morgan fingerprint density at radius 3 is 3.04 bits per heavy atom. The second-order valence-corrected chi connectivity index (χ2v) is 8.63. The second kappa shape index (κ2) is 7.82. The number of amides is 1. The van der Waals surface area contributed by atoms with Crippen LogP contribution in [0.25, 0.3) is 5.69 Å². The van der Waals surface area contributed by atoms with Gasteiger partial charge in [-0.25, -0.2) is 0 Å². The molecule has 1 aliphatic heterocycles. The van der Waals surface area contributed by atoms with E-state index < -0.39 is 0 Å². The third-order valence-corrected chi connectivity index (χ3v) is 6.68. The average molecular weight is 400 g/mol. The van der Waals surface area contributed by atoms with Crippen molar-refractivity contribution in [2.24, 2.45) is 0 Å². The lowest BCUT2D eigenvalue weighted by atomic mass is 10.1. The third kappa shape index (κ3) is 3.77. The van der Waals surface area contributed by atoms with Gasteiger partial charge in [0.05, 0.1) is 17.5 Å². The molecule has 0 aliphatic carbocycles. The van der Waals surface area contributed by atoms with Crippen LogP contribution in [0.3, 0.4) is 0 Å². The van der Waals surface area contributed by atoms with Crippen molar-refractivity contribution in [1.29, 1.82) is 0 Å². The van der Waals surface area contributed by atoms with Gasteiger partial charge in [0.15, 0.2) is 0 Å². The summed E-state index contributed by atoms with van der Waals surface area (Å²) in [7, 11) is 0. The zero-order valence-electron chi connectivity index (χ0n) is 15.3. The van der Waals surface area contributed by atoms with Crippen LogP contribution in [0, 0.1) is 13.8 Å². The highest BCUT2D eigenvalue weighted by Crippen LogP contribution is 2.35. The van der Waals surface area contributed by atoms with E-state index in [1.807, 2.05) is 24.8 Å². The Kier molecular flexibility index (Phi) is 5.27. The number of thiophene rings is 1. The fourth-order valence-corrected chi connectivity index (χ4v) is 5.06. The molecule has 0 N–H and O–H groups in total. The molecule has 0 spiro atoms. The van der Waals surface area contributed by atoms with Crippen LogP contribution in [0.1, 0.15) is 34.9 Å². The first-order chi connectivity index (χ1) is 13.1. The summed E-state index contributed by atoms with van der Waals surface area (Å²) >= 11 is 3.12. The van der Waals surface area contributed by atoms with Gasteiger partial charge in [0.2, 0.25) is 11.1 Å². The summed E-state index contributed by atoms with van der Waals surface area (Å²) in [5, 5.41) is 14.8. The van der Waals surface area contributed by atoms with Crippen molar-refractivity contribution in [2.75, 3.05) is 12.3 Å². The van der Waals surface area contributed by atoms with Crippen LogP contribution in [0.4, 0.5) is 0 Å². The number of hydrogen-bond acceptors (Lipinski definition) is 6. The SMILES string of the molecule is Cc1ccc(C)c(-n2nnnc2SCC(=O)N2CCC[C@H]2c2cccs2)c1. The normalized spacial score (nSPS) is 16.8. The van der Waals surface area contributed by atoms with Gasteiger partial charge in [-0.1, -0.05) is 30.0 Å². The van der Waals surface area contributed by atoms with Gasteiger partial charge in [-0.05, 0) is 65.8 Å². The Balaban J connectivity index is 1.47. The monoisotopic (exact) mass is 399 g/mol. The molecule has 1 fully saturated rings. The number of carbonyl (C=O) groups is 1. The van der Waals surface area contributed by atoms with Crippen molar-refractivity contribution < 1.29 is 4.79 Å². The molecule has 1 aliphatic rings. The topological polar surface area (TPSA) is 63.9 Å². The highest BCUT2D eigenvalue weighted by atomic mass is 32.2. The summed E-state index contributed by atoms with van der Waals surface area (Å²) in [5.74, 6) is 0.485. The molecule has 6 nitrogen and oxygen atoms in total. The van der Waals surface area contributed by atoms with Crippen molar-refractivity contribution in [2.45, 2.75) is 37.9 Å². The molecule has 3 heterocycles. The number of nitrogens with zero attached hydrogens (tertiary/aromatic N) is 5.